The molecule has 0 aliphatic heterocycles. The number of aliphatic hydroxyl groups excluding tert-OH is 1. The zero-order valence-corrected chi connectivity index (χ0v) is 76.8. The molecule has 3 aromatic carbocycles. The Balaban J connectivity index is 0. The van der Waals surface area contributed by atoms with Gasteiger partial charge in [0.05, 0.1) is 45.2 Å². The van der Waals surface area contributed by atoms with Crippen LogP contribution in [0.3, 0.4) is 0 Å². The van der Waals surface area contributed by atoms with Crippen LogP contribution >= 0.6 is 24.4 Å². The second-order valence-electron chi connectivity index (χ2n) is 23.1. The quantitative estimate of drug-likeness (QED) is 0.0173. The number of nitrogens with two attached hydrogens (primary N) is 2. The predicted molar refractivity (Wildman–Crippen MR) is 447 cm³/mol. The molecule has 0 bridgehead atoms. The van der Waals surface area contributed by atoms with Crippen molar-refractivity contribution in [3.63, 3.8) is 0 Å². The molecule has 0 aliphatic rings. The van der Waals surface area contributed by atoms with E-state index >= 15 is 0 Å². The number of ether oxygens (including phenoxy) is 5. The number of phenolic OH excluding ortho intramolecular Hbond substituents is 1. The van der Waals surface area contributed by atoms with Gasteiger partial charge in [-0.15, -0.1) is 12.6 Å². The van der Waals surface area contributed by atoms with Gasteiger partial charge in [0.25, 0.3) is 0 Å². The number of carbonyl (C=O) groups excluding carboxylic acids is 6. The Labute approximate surface area is 669 Å². The van der Waals surface area contributed by atoms with E-state index in [0.29, 0.717) is 42.2 Å². The minimum Gasteiger partial charge on any atom is -0.508 e. The average molecular weight is 1940 g/mol. The van der Waals surface area contributed by atoms with Crippen LogP contribution in [-0.2, 0) is 208 Å². The molecule has 17 nitrogen and oxygen atoms in total. The number of thiol groups is 1. The molecule has 0 saturated heterocycles. The number of methoxy groups -OCH3 is 3. The molecule has 0 unspecified atom stereocenters. The summed E-state index contributed by atoms with van der Waals surface area (Å²) in [5.74, 6) is -0.121. The van der Waals surface area contributed by atoms with Gasteiger partial charge in [0.2, 0.25) is 22.0 Å². The van der Waals surface area contributed by atoms with Gasteiger partial charge >= 0.3 is 0 Å². The van der Waals surface area contributed by atoms with Crippen LogP contribution in [0.25, 0.3) is 0 Å². The summed E-state index contributed by atoms with van der Waals surface area (Å²) in [7, 11) is 33.8. The largest absolute Gasteiger partial charge is 0.508 e. The average Bonchev–Trinajstić information content (AvgIpc) is 0.836. The fourth-order valence-electron chi connectivity index (χ4n) is 8.66. The number of thioether (sulfide) groups is 1. The SMILES string of the molecule is CCCCC[C@H](C)C(=O)C[C@@H](Cc1ccc(OC(C)(C)C)cc1)C(=O)N[C@H](C(=O)SCc1c(OC)cc(OC)cc1OC)[C@@H](C)OC(C)(C)C.C[C@@H](O)[C@H](NC(=O)[C@@H](CC(=O)[C@@H](N)CCCCN)Cc1ccc(O)cc1)C(=O)S.S=S=S=S=S=S=S=S=S=S=S=S=S=S=S=S=S.[2H][B].[U]. The van der Waals surface area contributed by atoms with Gasteiger partial charge in [0.15, 0.2) is 0 Å². The van der Waals surface area contributed by atoms with Crippen molar-refractivity contribution >= 4 is 222 Å². The van der Waals surface area contributed by atoms with E-state index in [1.807, 2.05) is 72.7 Å². The van der Waals surface area contributed by atoms with Crippen molar-refractivity contribution in [1.82, 2.24) is 10.6 Å². The Morgan fingerprint density at radius 3 is 1.47 bits per heavy atom. The summed E-state index contributed by atoms with van der Waals surface area (Å²) in [6.07, 6.45) is 4.56. The Bertz CT molecular complexity index is 3620. The van der Waals surface area contributed by atoms with Crippen LogP contribution in [0.4, 0.5) is 0 Å². The van der Waals surface area contributed by atoms with Gasteiger partial charge < -0.3 is 56.0 Å². The van der Waals surface area contributed by atoms with Gasteiger partial charge in [-0.2, -0.15) is 0 Å². The van der Waals surface area contributed by atoms with Crippen LogP contribution in [-0.4, -0.2) is 123 Å². The summed E-state index contributed by atoms with van der Waals surface area (Å²) in [6, 6.07) is 14.5. The number of unbranched alkanes of at least 4 members (excludes halogenated alkanes) is 3. The molecule has 552 valence electrons. The molecule has 0 saturated carbocycles. The second-order valence-corrected chi connectivity index (χ2v) is 51.0. The van der Waals surface area contributed by atoms with Crippen LogP contribution < -0.4 is 41.0 Å². The van der Waals surface area contributed by atoms with Crippen molar-refractivity contribution in [2.75, 3.05) is 27.9 Å². The van der Waals surface area contributed by atoms with E-state index in [2.05, 4.69) is 38.6 Å². The third-order valence-corrected chi connectivity index (χ3v) is 45.6. The minimum absolute atomic E-state index is 0. The van der Waals surface area contributed by atoms with Crippen molar-refractivity contribution < 1.29 is 93.8 Å². The Hall–Kier alpha value is -0.323. The summed E-state index contributed by atoms with van der Waals surface area (Å²) in [5.41, 5.74) is 12.8. The van der Waals surface area contributed by atoms with E-state index in [9.17, 15) is 39.0 Å². The fraction of sp³-hybridized carbons (Fsp3) is 0.600. The first-order chi connectivity index (χ1) is 46.5. The third-order valence-electron chi connectivity index (χ3n) is 13.2. The van der Waals surface area contributed by atoms with Gasteiger partial charge in [0.1, 0.15) is 58.0 Å². The zero-order valence-electron chi connectivity index (χ0n) is 58.0. The van der Waals surface area contributed by atoms with Crippen molar-refractivity contribution in [3.05, 3.63) is 77.4 Å². The van der Waals surface area contributed by atoms with E-state index in [-0.39, 0.29) is 96.0 Å². The number of hydrogen-bond acceptors (Lipinski definition) is 18. The number of aliphatic hydroxyl groups is 1. The molecule has 0 spiro atoms. The van der Waals surface area contributed by atoms with Crippen molar-refractivity contribution in [3.8, 4) is 28.7 Å². The van der Waals surface area contributed by atoms with Crippen molar-refractivity contribution in [1.29, 1.82) is 1.34 Å². The molecule has 0 aromatic heterocycles. The molecule has 3 aromatic rings. The molecule has 38 heteroatoms. The predicted octanol–water partition coefficient (Wildman–Crippen LogP) is 7.97. The molecule has 0 fully saturated rings. The van der Waals surface area contributed by atoms with Crippen LogP contribution in [0.2, 0.25) is 0 Å². The van der Waals surface area contributed by atoms with Gasteiger partial charge in [0, 0.05) is 249 Å². The van der Waals surface area contributed by atoms with Gasteiger partial charge in [-0.1, -0.05) is 75.6 Å². The topological polar surface area (TPSA) is 265 Å². The number of Topliss-reactive ketones (excluding diaryl/α,β-unsaturated/α-hetero) is 2. The number of amides is 2. The molecule has 0 aliphatic carbocycles. The standard InChI is InChI=1S/C40H61NO8S.C20H31N3O5S.BH.S17.U/c1-13-14-15-16-26(2)33(42)22-29(21-28-17-19-30(20-18-28)49-40(7,8)9)37(43)41-36(27(3)48-39(4,5)6)38(44)50-25-32-34(46-11)23-31(45-10)24-35(32)47-12;1-12(24)18(20(28)29)23-19(27)14(10-13-5-7-15(25)8-6-13)11-17(26)16(22)4-2-3-9-21;;1-3-5-7-9-11-13-15-17-16-14-12-10-8-6-4-2;/h17-20,23-24,26-27,29,36H,13-16,21-22,25H2,1-12H3,(H,41,43);5-8,12,14,16,18,24-25H,2-4,9-11,21-22H2,1H3,(H,23,27)(H,28,29);1H;;/t26-,27+,29+,36-;12-,14-,16+,18+;;;/m01.../s1/i;;1D;;. The first-order valence-corrected chi connectivity index (χ1v) is 52.7. The Morgan fingerprint density at radius 1 is 0.633 bits per heavy atom. The normalized spacial score (nSPS) is 13.1. The Morgan fingerprint density at radius 2 is 1.07 bits per heavy atom. The van der Waals surface area contributed by atoms with E-state index < -0.39 is 58.8 Å². The van der Waals surface area contributed by atoms with Gasteiger partial charge in [-0.05, 0) is 131 Å². The van der Waals surface area contributed by atoms with Crippen LogP contribution in [0, 0.1) is 48.9 Å². The maximum Gasteiger partial charge on any atom is 0.224 e. The van der Waals surface area contributed by atoms with Gasteiger partial charge in [-0.3, -0.25) is 28.8 Å². The first-order valence-electron chi connectivity index (χ1n) is 30.5. The molecule has 3 rings (SSSR count). The fourth-order valence-corrected chi connectivity index (χ4v) is 45.6. The van der Waals surface area contributed by atoms with Crippen molar-refractivity contribution in [2.45, 2.75) is 187 Å². The number of ketones is 2. The number of aromatic hydroxyl groups is 1. The molecule has 2 amide bonds. The maximum atomic E-state index is 14.2. The zero-order chi connectivity index (χ0) is 74.2. The summed E-state index contributed by atoms with van der Waals surface area (Å²) in [6.45, 7) is 19.4. The third kappa shape index (κ3) is 45.9. The van der Waals surface area contributed by atoms with Crippen LogP contribution in [0.15, 0.2) is 60.7 Å². The van der Waals surface area contributed by atoms with E-state index in [0.717, 1.165) is 67.2 Å². The second kappa shape index (κ2) is 57.9. The van der Waals surface area contributed by atoms with Crippen molar-refractivity contribution in [2.24, 2.45) is 29.2 Å². The number of nitrogens with one attached hydrogen (secondary N) is 2. The summed E-state index contributed by atoms with van der Waals surface area (Å²) >= 11 is 14.2. The van der Waals surface area contributed by atoms with Gasteiger partial charge in [-0.25, -0.2) is 0 Å². The molecule has 2 radical (unpaired) electrons. The monoisotopic (exact) mass is 1940 g/mol. The maximum absolute atomic E-state index is 14.2. The number of benzene rings is 3. The molecule has 0 heterocycles. The molecule has 8 N–H and O–H groups in total. The summed E-state index contributed by atoms with van der Waals surface area (Å²) in [5, 5.41) is 23.7. The van der Waals surface area contributed by atoms with E-state index in [4.69, 9.17) is 58.9 Å². The number of phenols is 1. The molecular weight excluding hydrogens is 1840 g/mol. The number of carbonyl (C=O) groups is 6. The van der Waals surface area contributed by atoms with Crippen LogP contribution in [0.1, 0.15) is 144 Å². The summed E-state index contributed by atoms with van der Waals surface area (Å²) in [4.78, 5) is 78.6. The smallest absolute Gasteiger partial charge is 0.224 e. The first kappa shape index (κ1) is 97.7. The minimum atomic E-state index is -1.18. The number of hydrogen-bond donors (Lipinski definition) is 7. The summed E-state index contributed by atoms with van der Waals surface area (Å²) < 4.78 is 34.0. The molecule has 8 atom stereocenters. The molecule has 98 heavy (non-hydrogen) atoms. The van der Waals surface area contributed by atoms with E-state index in [1.165, 1.54) is 36.8 Å². The van der Waals surface area contributed by atoms with E-state index in [1.54, 1.807) is 168 Å². The number of rotatable bonds is 33. The molecular formula is C60H93BN4O13S19U. The van der Waals surface area contributed by atoms with Crippen LogP contribution in [0.5, 0.6) is 28.7 Å². The Kier molecular flexibility index (Phi) is 57.7.